The second kappa shape index (κ2) is 7.81. The summed E-state index contributed by atoms with van der Waals surface area (Å²) in [6, 6.07) is 11.2. The molecule has 3 N–H and O–H groups in total. The first kappa shape index (κ1) is 18.2. The van der Waals surface area contributed by atoms with Crippen molar-refractivity contribution in [3.05, 3.63) is 57.3 Å². The van der Waals surface area contributed by atoms with E-state index < -0.39 is 0 Å². The molecule has 0 radical (unpaired) electrons. The molecular weight excluding hydrogens is 342 g/mol. The summed E-state index contributed by atoms with van der Waals surface area (Å²) in [5.74, 6) is 1.13. The zero-order chi connectivity index (χ0) is 18.0. The van der Waals surface area contributed by atoms with Gasteiger partial charge in [-0.25, -0.2) is 0 Å². The molecule has 2 aromatic rings. The minimum Gasteiger partial charge on any atom is -0.394 e. The van der Waals surface area contributed by atoms with Gasteiger partial charge in [0.25, 0.3) is 0 Å². The third-order valence-electron chi connectivity index (χ3n) is 6.17. The number of aryl methyl sites for hydroxylation is 1. The van der Waals surface area contributed by atoms with E-state index in [1.54, 1.807) is 11.3 Å². The van der Waals surface area contributed by atoms with E-state index in [4.69, 9.17) is 10.5 Å². The maximum atomic E-state index is 9.51. The fraction of sp³-hybridized carbons (Fsp3) is 0.545. The van der Waals surface area contributed by atoms with Crippen LogP contribution in [-0.2, 0) is 24.2 Å². The van der Waals surface area contributed by atoms with E-state index in [0.29, 0.717) is 11.8 Å². The number of benzene rings is 1. The molecule has 140 valence electrons. The number of nitrogens with two attached hydrogens (primary N) is 1. The van der Waals surface area contributed by atoms with Gasteiger partial charge in [0.15, 0.2) is 0 Å². The number of hydrogen-bond acceptors (Lipinski definition) is 4. The van der Waals surface area contributed by atoms with Crippen molar-refractivity contribution in [2.75, 3.05) is 13.2 Å². The normalized spacial score (nSPS) is 28.2. The predicted molar refractivity (Wildman–Crippen MR) is 107 cm³/mol. The van der Waals surface area contributed by atoms with E-state index >= 15 is 0 Å². The minimum atomic E-state index is -0.369. The summed E-state index contributed by atoms with van der Waals surface area (Å²) in [5, 5.41) is 11.6. The fourth-order valence-electron chi connectivity index (χ4n) is 4.55. The molecule has 2 aliphatic carbocycles. The van der Waals surface area contributed by atoms with Crippen LogP contribution < -0.4 is 5.73 Å². The van der Waals surface area contributed by atoms with Gasteiger partial charge >= 0.3 is 0 Å². The molecule has 1 aromatic heterocycles. The van der Waals surface area contributed by atoms with Crippen LogP contribution in [0.1, 0.15) is 53.2 Å². The van der Waals surface area contributed by atoms with Crippen molar-refractivity contribution < 1.29 is 9.84 Å². The fourth-order valence-corrected chi connectivity index (χ4v) is 5.19. The molecule has 3 nitrogen and oxygen atoms in total. The summed E-state index contributed by atoms with van der Waals surface area (Å²) in [5.41, 5.74) is 10.3. The Morgan fingerprint density at radius 3 is 2.92 bits per heavy atom. The Bertz CT molecular complexity index is 730. The number of aliphatic hydroxyl groups excluding tert-OH is 1. The number of rotatable bonds is 6. The van der Waals surface area contributed by atoms with E-state index in [1.165, 1.54) is 28.0 Å². The zero-order valence-corrected chi connectivity index (χ0v) is 16.1. The summed E-state index contributed by atoms with van der Waals surface area (Å²) in [4.78, 5) is 1.31. The molecule has 0 spiro atoms. The Morgan fingerprint density at radius 2 is 2.15 bits per heavy atom. The third-order valence-corrected chi connectivity index (χ3v) is 7.02. The molecule has 4 rings (SSSR count). The van der Waals surface area contributed by atoms with Crippen molar-refractivity contribution in [1.29, 1.82) is 0 Å². The lowest BCUT2D eigenvalue weighted by molar-refractivity contribution is 0.0840. The number of ether oxygens (including phenoxy) is 1. The smallest absolute Gasteiger partial charge is 0.0809 e. The Morgan fingerprint density at radius 1 is 1.23 bits per heavy atom. The molecule has 1 heterocycles. The van der Waals surface area contributed by atoms with E-state index in [-0.39, 0.29) is 12.1 Å². The van der Waals surface area contributed by atoms with Crippen LogP contribution >= 0.6 is 11.3 Å². The predicted octanol–water partition coefficient (Wildman–Crippen LogP) is 4.03. The van der Waals surface area contributed by atoms with Crippen molar-refractivity contribution in [3.8, 4) is 0 Å². The van der Waals surface area contributed by atoms with Crippen molar-refractivity contribution in [3.63, 3.8) is 0 Å². The second-order valence-electron chi connectivity index (χ2n) is 8.19. The first-order chi connectivity index (χ1) is 12.6. The maximum Gasteiger partial charge on any atom is 0.0809 e. The van der Waals surface area contributed by atoms with Gasteiger partial charge in [-0.05, 0) is 78.5 Å². The van der Waals surface area contributed by atoms with Crippen LogP contribution in [0.4, 0.5) is 0 Å². The topological polar surface area (TPSA) is 55.5 Å². The molecule has 0 aliphatic heterocycles. The molecule has 1 aromatic carbocycles. The number of thiophene rings is 1. The Kier molecular flexibility index (Phi) is 5.46. The zero-order valence-electron chi connectivity index (χ0n) is 15.3. The largest absolute Gasteiger partial charge is 0.394 e. The molecular formula is C22H29NO2S. The SMILES string of the molecule is N[C@]1(CO)CC[C@H](c2ccc3c(c2)CCC(COCc2cccs2)C3)C1. The summed E-state index contributed by atoms with van der Waals surface area (Å²) < 4.78 is 5.95. The Labute approximate surface area is 160 Å². The van der Waals surface area contributed by atoms with Crippen LogP contribution in [0, 0.1) is 5.92 Å². The molecule has 2 aliphatic rings. The summed E-state index contributed by atoms with van der Waals surface area (Å²) in [7, 11) is 0. The highest BCUT2D eigenvalue weighted by molar-refractivity contribution is 7.09. The second-order valence-corrected chi connectivity index (χ2v) is 9.22. The van der Waals surface area contributed by atoms with Gasteiger partial charge in [-0.1, -0.05) is 24.3 Å². The van der Waals surface area contributed by atoms with Gasteiger partial charge in [-0.15, -0.1) is 11.3 Å². The molecule has 0 saturated heterocycles. The lowest BCUT2D eigenvalue weighted by Crippen LogP contribution is -2.40. The van der Waals surface area contributed by atoms with Gasteiger partial charge in [0.2, 0.25) is 0 Å². The van der Waals surface area contributed by atoms with Crippen LogP contribution in [0.15, 0.2) is 35.7 Å². The molecule has 1 saturated carbocycles. The molecule has 26 heavy (non-hydrogen) atoms. The van der Waals surface area contributed by atoms with Crippen LogP contribution in [0.25, 0.3) is 0 Å². The van der Waals surface area contributed by atoms with E-state index in [9.17, 15) is 5.11 Å². The Balaban J connectivity index is 1.34. The lowest BCUT2D eigenvalue weighted by atomic mass is 9.82. The first-order valence-corrected chi connectivity index (χ1v) is 10.6. The molecule has 3 atom stereocenters. The van der Waals surface area contributed by atoms with Crippen molar-refractivity contribution in [1.82, 2.24) is 0 Å². The molecule has 1 fully saturated rings. The molecule has 0 bridgehead atoms. The van der Waals surface area contributed by atoms with Crippen molar-refractivity contribution in [2.45, 2.75) is 56.6 Å². The summed E-state index contributed by atoms with van der Waals surface area (Å²) in [6.07, 6.45) is 6.41. The van der Waals surface area contributed by atoms with E-state index in [0.717, 1.165) is 45.3 Å². The summed E-state index contributed by atoms with van der Waals surface area (Å²) >= 11 is 1.76. The maximum absolute atomic E-state index is 9.51. The number of aliphatic hydroxyl groups is 1. The van der Waals surface area contributed by atoms with Gasteiger partial charge in [0.05, 0.1) is 19.8 Å². The van der Waals surface area contributed by atoms with Gasteiger partial charge < -0.3 is 15.6 Å². The van der Waals surface area contributed by atoms with Gasteiger partial charge in [-0.2, -0.15) is 0 Å². The molecule has 4 heteroatoms. The van der Waals surface area contributed by atoms with E-state index in [2.05, 4.69) is 35.7 Å². The van der Waals surface area contributed by atoms with Crippen LogP contribution in [-0.4, -0.2) is 23.9 Å². The quantitative estimate of drug-likeness (QED) is 0.806. The van der Waals surface area contributed by atoms with E-state index in [1.807, 2.05) is 0 Å². The van der Waals surface area contributed by atoms with Gasteiger partial charge in [-0.3, -0.25) is 0 Å². The van der Waals surface area contributed by atoms with Crippen LogP contribution in [0.5, 0.6) is 0 Å². The first-order valence-electron chi connectivity index (χ1n) is 9.77. The van der Waals surface area contributed by atoms with Crippen LogP contribution in [0.2, 0.25) is 0 Å². The highest BCUT2D eigenvalue weighted by atomic mass is 32.1. The van der Waals surface area contributed by atoms with Crippen molar-refractivity contribution in [2.24, 2.45) is 11.7 Å². The highest BCUT2D eigenvalue weighted by Gasteiger charge is 2.36. The average molecular weight is 372 g/mol. The summed E-state index contributed by atoms with van der Waals surface area (Å²) in [6.45, 7) is 1.70. The monoisotopic (exact) mass is 371 g/mol. The molecule has 1 unspecified atom stereocenters. The van der Waals surface area contributed by atoms with Crippen molar-refractivity contribution >= 4 is 11.3 Å². The highest BCUT2D eigenvalue weighted by Crippen LogP contribution is 2.40. The Hall–Kier alpha value is -1.20. The standard InChI is InChI=1S/C22H29NO2S/c23-22(15-24)8-7-20(12-22)19-6-5-17-10-16(3-4-18(17)11-19)13-25-14-21-2-1-9-26-21/h1-2,5-6,9,11,16,20,24H,3-4,7-8,10,12-15,23H2/t16?,20-,22+/m0/s1. The third kappa shape index (κ3) is 4.04. The average Bonchev–Trinajstić information content (AvgIpc) is 3.32. The van der Waals surface area contributed by atoms with Crippen LogP contribution in [0.3, 0.4) is 0 Å². The molecule has 0 amide bonds. The number of hydrogen-bond donors (Lipinski definition) is 2. The van der Waals surface area contributed by atoms with Gasteiger partial charge in [0, 0.05) is 10.4 Å². The lowest BCUT2D eigenvalue weighted by Gasteiger charge is -2.26. The minimum absolute atomic E-state index is 0.0988. The number of fused-ring (bicyclic) bond motifs is 1. The van der Waals surface area contributed by atoms with Gasteiger partial charge in [0.1, 0.15) is 0 Å².